The van der Waals surface area contributed by atoms with Gasteiger partial charge in [-0.1, -0.05) is 42.5 Å². The quantitative estimate of drug-likeness (QED) is 0.773. The number of hydrogen-bond acceptors (Lipinski definition) is 4. The van der Waals surface area contributed by atoms with Crippen molar-refractivity contribution in [3.05, 3.63) is 65.7 Å². The van der Waals surface area contributed by atoms with Crippen LogP contribution in [-0.2, 0) is 4.74 Å². The highest BCUT2D eigenvalue weighted by Gasteiger charge is 2.23. The summed E-state index contributed by atoms with van der Waals surface area (Å²) in [6.07, 6.45) is -0.442. The molecule has 1 N–H and O–H groups in total. The maximum absolute atomic E-state index is 12.6. The zero-order valence-corrected chi connectivity index (χ0v) is 15.6. The van der Waals surface area contributed by atoms with Gasteiger partial charge in [0.05, 0.1) is 13.2 Å². The Morgan fingerprint density at radius 1 is 1.04 bits per heavy atom. The highest BCUT2D eigenvalue weighted by molar-refractivity contribution is 5.96. The Labute approximate surface area is 154 Å². The number of carbonyl (C=O) groups is 2. The summed E-state index contributed by atoms with van der Waals surface area (Å²) in [5.41, 5.74) is 0.762. The average molecular weight is 355 g/mol. The van der Waals surface area contributed by atoms with Crippen molar-refractivity contribution < 1.29 is 19.1 Å². The van der Waals surface area contributed by atoms with Gasteiger partial charge in [0.15, 0.2) is 5.78 Å². The van der Waals surface area contributed by atoms with Crippen LogP contribution < -0.4 is 10.1 Å². The summed E-state index contributed by atoms with van der Waals surface area (Å²) in [5.74, 6) is 0.597. The number of methoxy groups -OCH3 is 1. The summed E-state index contributed by atoms with van der Waals surface area (Å²) in [7, 11) is 1.57. The van der Waals surface area contributed by atoms with Crippen LogP contribution in [0, 0.1) is 0 Å². The lowest BCUT2D eigenvalue weighted by Gasteiger charge is -2.24. The van der Waals surface area contributed by atoms with Crippen LogP contribution in [0.15, 0.2) is 54.6 Å². The van der Waals surface area contributed by atoms with E-state index in [1.54, 1.807) is 46.1 Å². The largest absolute Gasteiger partial charge is 0.497 e. The van der Waals surface area contributed by atoms with Gasteiger partial charge < -0.3 is 14.8 Å². The molecule has 0 aromatic heterocycles. The standard InChI is InChI=1S/C21H25NO4/c1-21(2,3)26-20(24)22-18(16-11-8-12-17(13-16)25-4)14-19(23)15-9-6-5-7-10-15/h5-13,18H,14H2,1-4H3,(H,22,24)/t18-/m1/s1. The van der Waals surface area contributed by atoms with Gasteiger partial charge in [0.25, 0.3) is 0 Å². The number of alkyl carbamates (subject to hydrolysis) is 1. The third kappa shape index (κ3) is 5.92. The fourth-order valence-corrected chi connectivity index (χ4v) is 2.49. The molecule has 0 radical (unpaired) electrons. The molecule has 1 amide bonds. The maximum atomic E-state index is 12.6. The molecular formula is C21H25NO4. The summed E-state index contributed by atoms with van der Waals surface area (Å²) in [6, 6.07) is 15.8. The molecule has 0 aliphatic carbocycles. The highest BCUT2D eigenvalue weighted by atomic mass is 16.6. The van der Waals surface area contributed by atoms with Crippen molar-refractivity contribution >= 4 is 11.9 Å². The summed E-state index contributed by atoms with van der Waals surface area (Å²) in [6.45, 7) is 5.38. The second-order valence-corrected chi connectivity index (χ2v) is 6.97. The molecule has 0 aliphatic rings. The van der Waals surface area contributed by atoms with E-state index in [9.17, 15) is 9.59 Å². The Kier molecular flexibility index (Phi) is 6.39. The van der Waals surface area contributed by atoms with Crippen molar-refractivity contribution in [2.45, 2.75) is 38.8 Å². The molecule has 0 spiro atoms. The van der Waals surface area contributed by atoms with Gasteiger partial charge in [-0.15, -0.1) is 0 Å². The molecule has 0 saturated heterocycles. The van der Waals surface area contributed by atoms with E-state index in [4.69, 9.17) is 9.47 Å². The molecule has 5 nitrogen and oxygen atoms in total. The van der Waals surface area contributed by atoms with E-state index in [0.29, 0.717) is 11.3 Å². The molecule has 0 fully saturated rings. The Morgan fingerprint density at radius 2 is 1.73 bits per heavy atom. The second kappa shape index (κ2) is 8.52. The first-order valence-corrected chi connectivity index (χ1v) is 8.50. The summed E-state index contributed by atoms with van der Waals surface area (Å²) < 4.78 is 10.6. The van der Waals surface area contributed by atoms with E-state index >= 15 is 0 Å². The Balaban J connectivity index is 2.23. The monoisotopic (exact) mass is 355 g/mol. The van der Waals surface area contributed by atoms with Crippen LogP contribution in [0.3, 0.4) is 0 Å². The number of ketones is 1. The van der Waals surface area contributed by atoms with Gasteiger partial charge >= 0.3 is 6.09 Å². The summed E-state index contributed by atoms with van der Waals surface area (Å²) >= 11 is 0. The fourth-order valence-electron chi connectivity index (χ4n) is 2.49. The number of Topliss-reactive ketones (excluding diaryl/α,β-unsaturated/α-hetero) is 1. The Hall–Kier alpha value is -2.82. The predicted molar refractivity (Wildman–Crippen MR) is 100 cm³/mol. The van der Waals surface area contributed by atoms with Crippen molar-refractivity contribution in [1.29, 1.82) is 0 Å². The van der Waals surface area contributed by atoms with Crippen LogP contribution in [0.25, 0.3) is 0 Å². The molecule has 0 unspecified atom stereocenters. The molecule has 1 atom stereocenters. The van der Waals surface area contributed by atoms with Crippen LogP contribution in [-0.4, -0.2) is 24.6 Å². The van der Waals surface area contributed by atoms with Gasteiger partial charge in [-0.2, -0.15) is 0 Å². The molecule has 0 heterocycles. The number of benzene rings is 2. The number of nitrogens with one attached hydrogen (secondary N) is 1. The Morgan fingerprint density at radius 3 is 2.35 bits per heavy atom. The molecule has 2 aromatic carbocycles. The molecule has 0 bridgehead atoms. The smallest absolute Gasteiger partial charge is 0.408 e. The van der Waals surface area contributed by atoms with Gasteiger partial charge in [0, 0.05) is 12.0 Å². The van der Waals surface area contributed by atoms with Crippen LogP contribution in [0.1, 0.15) is 49.2 Å². The van der Waals surface area contributed by atoms with Gasteiger partial charge in [-0.05, 0) is 38.5 Å². The first kappa shape index (κ1) is 19.5. The van der Waals surface area contributed by atoms with Crippen LogP contribution in [0.4, 0.5) is 4.79 Å². The lowest BCUT2D eigenvalue weighted by Crippen LogP contribution is -2.35. The van der Waals surface area contributed by atoms with Gasteiger partial charge in [-0.3, -0.25) is 4.79 Å². The van der Waals surface area contributed by atoms with Crippen molar-refractivity contribution in [3.63, 3.8) is 0 Å². The van der Waals surface area contributed by atoms with E-state index in [1.165, 1.54) is 0 Å². The highest BCUT2D eigenvalue weighted by Crippen LogP contribution is 2.24. The van der Waals surface area contributed by atoms with E-state index < -0.39 is 17.7 Å². The average Bonchev–Trinajstić information content (AvgIpc) is 2.60. The number of hydrogen-bond donors (Lipinski definition) is 1. The number of carbonyl (C=O) groups excluding carboxylic acids is 2. The van der Waals surface area contributed by atoms with E-state index in [0.717, 1.165) is 5.56 Å². The van der Waals surface area contributed by atoms with Crippen molar-refractivity contribution in [2.75, 3.05) is 7.11 Å². The number of rotatable bonds is 6. The van der Waals surface area contributed by atoms with Crippen molar-refractivity contribution in [2.24, 2.45) is 0 Å². The normalized spacial score (nSPS) is 12.2. The first-order valence-electron chi connectivity index (χ1n) is 8.50. The van der Waals surface area contributed by atoms with E-state index in [2.05, 4.69) is 5.32 Å². The van der Waals surface area contributed by atoms with Crippen LogP contribution >= 0.6 is 0 Å². The van der Waals surface area contributed by atoms with E-state index in [1.807, 2.05) is 36.4 Å². The summed E-state index contributed by atoms with van der Waals surface area (Å²) in [4.78, 5) is 24.9. The number of ether oxygens (including phenoxy) is 2. The van der Waals surface area contributed by atoms with Crippen LogP contribution in [0.5, 0.6) is 5.75 Å². The molecule has 0 aliphatic heterocycles. The Bertz CT molecular complexity index is 750. The minimum absolute atomic E-state index is 0.0607. The minimum atomic E-state index is -0.619. The van der Waals surface area contributed by atoms with Crippen LogP contribution in [0.2, 0.25) is 0 Å². The number of amides is 1. The lowest BCUT2D eigenvalue weighted by molar-refractivity contribution is 0.0501. The fraction of sp³-hybridized carbons (Fsp3) is 0.333. The third-order valence-corrected chi connectivity index (χ3v) is 3.67. The molecule has 2 aromatic rings. The zero-order chi connectivity index (χ0) is 19.2. The zero-order valence-electron chi connectivity index (χ0n) is 15.6. The predicted octanol–water partition coefficient (Wildman–Crippen LogP) is 4.53. The molecule has 5 heteroatoms. The minimum Gasteiger partial charge on any atom is -0.497 e. The van der Waals surface area contributed by atoms with Gasteiger partial charge in [-0.25, -0.2) is 4.79 Å². The molecule has 26 heavy (non-hydrogen) atoms. The van der Waals surface area contributed by atoms with Crippen molar-refractivity contribution in [1.82, 2.24) is 5.32 Å². The van der Waals surface area contributed by atoms with Gasteiger partial charge in [0.1, 0.15) is 11.4 Å². The SMILES string of the molecule is COc1cccc([C@@H](CC(=O)c2ccccc2)NC(=O)OC(C)(C)C)c1. The molecule has 2 rings (SSSR count). The molecular weight excluding hydrogens is 330 g/mol. The summed E-state index contributed by atoms with van der Waals surface area (Å²) in [5, 5.41) is 2.80. The third-order valence-electron chi connectivity index (χ3n) is 3.67. The molecule has 138 valence electrons. The maximum Gasteiger partial charge on any atom is 0.408 e. The van der Waals surface area contributed by atoms with Crippen molar-refractivity contribution in [3.8, 4) is 5.75 Å². The second-order valence-electron chi connectivity index (χ2n) is 6.97. The topological polar surface area (TPSA) is 64.6 Å². The lowest BCUT2D eigenvalue weighted by atomic mass is 9.98. The molecule has 0 saturated carbocycles. The van der Waals surface area contributed by atoms with Gasteiger partial charge in [0.2, 0.25) is 0 Å². The van der Waals surface area contributed by atoms with E-state index in [-0.39, 0.29) is 12.2 Å². The first-order chi connectivity index (χ1) is 12.3.